The summed E-state index contributed by atoms with van der Waals surface area (Å²) in [5.41, 5.74) is 3.58. The van der Waals surface area contributed by atoms with Crippen molar-refractivity contribution in [3.63, 3.8) is 0 Å². The van der Waals surface area contributed by atoms with E-state index in [-0.39, 0.29) is 43.0 Å². The zero-order valence-corrected chi connectivity index (χ0v) is 32.0. The van der Waals surface area contributed by atoms with Gasteiger partial charge in [0.2, 0.25) is 0 Å². The van der Waals surface area contributed by atoms with Gasteiger partial charge in [-0.05, 0) is 87.7 Å². The van der Waals surface area contributed by atoms with E-state index in [9.17, 15) is 14.7 Å². The number of aromatic nitrogens is 2. The maximum atomic E-state index is 12.9. The van der Waals surface area contributed by atoms with Crippen LogP contribution in [0.2, 0.25) is 0 Å². The lowest BCUT2D eigenvalue weighted by atomic mass is 9.91. The Kier molecular flexibility index (Phi) is 17.8. The maximum absolute atomic E-state index is 12.9. The summed E-state index contributed by atoms with van der Waals surface area (Å²) < 4.78 is 6.19. The Labute approximate surface area is 316 Å². The third-order valence-electron chi connectivity index (χ3n) is 10.0. The summed E-state index contributed by atoms with van der Waals surface area (Å²) in [5.74, 6) is 1.00. The Hall–Kier alpha value is -3.08. The molecule has 0 radical (unpaired) electrons. The van der Waals surface area contributed by atoms with Crippen molar-refractivity contribution in [3.8, 4) is 16.9 Å². The Balaban J connectivity index is 0.000000368. The Bertz CT molecular complexity index is 1470. The minimum absolute atomic E-state index is 0. The second-order valence-corrected chi connectivity index (χ2v) is 14.1. The van der Waals surface area contributed by atoms with Crippen LogP contribution in [0.1, 0.15) is 99.3 Å². The number of hydrogen-bond acceptors (Lipinski definition) is 8. The fourth-order valence-electron chi connectivity index (χ4n) is 6.74. The summed E-state index contributed by atoms with van der Waals surface area (Å²) >= 11 is 0. The third-order valence-corrected chi connectivity index (χ3v) is 10.0. The fourth-order valence-corrected chi connectivity index (χ4v) is 6.74. The summed E-state index contributed by atoms with van der Waals surface area (Å²) in [6.07, 6.45) is 12.0. The van der Waals surface area contributed by atoms with E-state index >= 15 is 0 Å². The maximum Gasteiger partial charge on any atom is 0.271 e. The number of piperidine rings is 2. The fraction of sp³-hybridized carbons (Fsp3) is 0.550. The van der Waals surface area contributed by atoms with E-state index in [1.165, 1.54) is 24.8 Å². The van der Waals surface area contributed by atoms with Crippen molar-refractivity contribution >= 4 is 36.5 Å². The van der Waals surface area contributed by atoms with Crippen molar-refractivity contribution in [1.82, 2.24) is 25.3 Å². The average molecular weight is 743 g/mol. The summed E-state index contributed by atoms with van der Waals surface area (Å²) in [7, 11) is 2.05. The van der Waals surface area contributed by atoms with Crippen molar-refractivity contribution in [1.29, 1.82) is 0 Å². The highest BCUT2D eigenvalue weighted by Gasteiger charge is 2.32. The van der Waals surface area contributed by atoms with Crippen molar-refractivity contribution in [3.05, 3.63) is 77.6 Å². The van der Waals surface area contributed by atoms with Crippen LogP contribution in [0.15, 0.2) is 60.7 Å². The van der Waals surface area contributed by atoms with Crippen LogP contribution >= 0.6 is 24.8 Å². The lowest BCUT2D eigenvalue weighted by Crippen LogP contribution is -2.50. The van der Waals surface area contributed by atoms with Gasteiger partial charge < -0.3 is 20.1 Å². The molecule has 3 aliphatic rings. The number of amides is 1. The lowest BCUT2D eigenvalue weighted by molar-refractivity contribution is -0.121. The van der Waals surface area contributed by atoms with Gasteiger partial charge in [0, 0.05) is 57.7 Å². The predicted octanol–water partition coefficient (Wildman–Crippen LogP) is 7.08. The van der Waals surface area contributed by atoms with Gasteiger partial charge in [-0.15, -0.1) is 29.9 Å². The van der Waals surface area contributed by atoms with Crippen LogP contribution in [-0.2, 0) is 17.8 Å². The molecule has 0 bridgehead atoms. The van der Waals surface area contributed by atoms with Gasteiger partial charge in [-0.1, -0.05) is 62.2 Å². The van der Waals surface area contributed by atoms with Gasteiger partial charge in [-0.25, -0.2) is 0 Å². The van der Waals surface area contributed by atoms with E-state index in [0.29, 0.717) is 24.7 Å². The largest absolute Gasteiger partial charge is 0.490 e. The van der Waals surface area contributed by atoms with E-state index in [4.69, 9.17) is 4.74 Å². The van der Waals surface area contributed by atoms with Crippen molar-refractivity contribution < 1.29 is 19.4 Å². The number of carbonyl (C=O) groups excluding carboxylic acids is 2. The van der Waals surface area contributed by atoms with Crippen LogP contribution < -0.4 is 10.1 Å². The molecule has 1 aliphatic carbocycles. The Morgan fingerprint density at radius 1 is 0.941 bits per heavy atom. The molecule has 2 aliphatic heterocycles. The van der Waals surface area contributed by atoms with Gasteiger partial charge >= 0.3 is 0 Å². The number of nitrogens with one attached hydrogen (secondary N) is 1. The predicted molar refractivity (Wildman–Crippen MR) is 208 cm³/mol. The zero-order chi connectivity index (χ0) is 34.5. The summed E-state index contributed by atoms with van der Waals surface area (Å²) in [6.45, 7) is 6.85. The normalized spacial score (nSPS) is 18.0. The van der Waals surface area contributed by atoms with Crippen LogP contribution in [0.3, 0.4) is 0 Å². The minimum Gasteiger partial charge on any atom is -0.490 e. The first-order chi connectivity index (χ1) is 23.8. The quantitative estimate of drug-likeness (QED) is 0.215. The number of likely N-dealkylation sites (tertiary alicyclic amines) is 2. The SMILES string of the molecule is CCCCc1nnc(C(=O)NCC2(O)CCN(C)CC2)cc1-c1ccc(OC2CCCCC2)cc1.Cl.Cl.O=C1CCN(Cc2ccccc2)CC1. The number of nitrogens with zero attached hydrogens (tertiary/aromatic N) is 4. The van der Waals surface area contributed by atoms with Crippen molar-refractivity contribution in [2.24, 2.45) is 0 Å². The number of benzene rings is 2. The number of carbonyl (C=O) groups is 2. The number of aryl methyl sites for hydroxylation is 1. The molecule has 1 aromatic heterocycles. The highest BCUT2D eigenvalue weighted by atomic mass is 35.5. The summed E-state index contributed by atoms with van der Waals surface area (Å²) in [5, 5.41) is 22.4. The first-order valence-electron chi connectivity index (χ1n) is 18.4. The molecule has 11 heteroatoms. The highest BCUT2D eigenvalue weighted by molar-refractivity contribution is 5.93. The number of ketones is 1. The highest BCUT2D eigenvalue weighted by Crippen LogP contribution is 2.29. The standard InChI is InChI=1S/C28H40N4O3.C12H15NO.2ClH/c1-3-4-10-25-24(21-11-13-23(14-12-21)35-22-8-6-5-7-9-22)19-26(31-30-25)27(33)29-20-28(34)15-17-32(2)18-16-28;14-12-6-8-13(9-7-12)10-11-4-2-1-3-5-11;;/h11-14,19,22,34H,3-10,15-18,20H2,1-2H3,(H,29,33);1-5H,6-10H2;2*1H. The molecule has 3 fully saturated rings. The van der Waals surface area contributed by atoms with Gasteiger partial charge in [0.15, 0.2) is 5.69 Å². The minimum atomic E-state index is -0.867. The van der Waals surface area contributed by atoms with Gasteiger partial charge in [0.25, 0.3) is 5.91 Å². The number of halogens is 2. The number of ether oxygens (including phenoxy) is 1. The number of hydrogen-bond donors (Lipinski definition) is 2. The third kappa shape index (κ3) is 13.4. The van der Waals surface area contributed by atoms with Gasteiger partial charge in [-0.2, -0.15) is 5.10 Å². The lowest BCUT2D eigenvalue weighted by Gasteiger charge is -2.36. The molecular formula is C40H57Cl2N5O4. The monoisotopic (exact) mass is 741 g/mol. The molecule has 2 N–H and O–H groups in total. The molecule has 0 spiro atoms. The number of aliphatic hydroxyl groups is 1. The van der Waals surface area contributed by atoms with Crippen molar-refractivity contribution in [2.75, 3.05) is 39.8 Å². The molecule has 3 aromatic rings. The van der Waals surface area contributed by atoms with Gasteiger partial charge in [0.05, 0.1) is 17.4 Å². The molecule has 6 rings (SSSR count). The van der Waals surface area contributed by atoms with Gasteiger partial charge in [-0.3, -0.25) is 14.5 Å². The molecule has 1 saturated carbocycles. The second-order valence-electron chi connectivity index (χ2n) is 14.1. The van der Waals surface area contributed by atoms with Crippen LogP contribution in [-0.4, -0.2) is 88.3 Å². The molecule has 0 unspecified atom stereocenters. The average Bonchev–Trinajstić information content (AvgIpc) is 3.13. The summed E-state index contributed by atoms with van der Waals surface area (Å²) in [6, 6.07) is 20.4. The molecule has 2 saturated heterocycles. The Morgan fingerprint density at radius 3 is 2.25 bits per heavy atom. The van der Waals surface area contributed by atoms with Gasteiger partial charge in [0.1, 0.15) is 11.5 Å². The van der Waals surface area contributed by atoms with E-state index < -0.39 is 5.60 Å². The summed E-state index contributed by atoms with van der Waals surface area (Å²) in [4.78, 5) is 28.5. The first-order valence-corrected chi connectivity index (χ1v) is 18.4. The van der Waals surface area contributed by atoms with Crippen molar-refractivity contribution in [2.45, 2.75) is 102 Å². The molecule has 1 amide bonds. The van der Waals surface area contributed by atoms with E-state index in [1.807, 2.05) is 43.4 Å². The zero-order valence-electron chi connectivity index (χ0n) is 30.4. The molecule has 3 heterocycles. The number of rotatable bonds is 11. The van der Waals surface area contributed by atoms with Crippen LogP contribution in [0.5, 0.6) is 5.75 Å². The van der Waals surface area contributed by atoms with Crippen LogP contribution in [0.4, 0.5) is 0 Å². The number of unbranched alkanes of at least 4 members (excludes halogenated alkanes) is 1. The van der Waals surface area contributed by atoms with E-state index in [0.717, 1.165) is 100 Å². The molecular weight excluding hydrogens is 685 g/mol. The molecule has 51 heavy (non-hydrogen) atoms. The molecule has 0 atom stereocenters. The Morgan fingerprint density at radius 2 is 1.61 bits per heavy atom. The second kappa shape index (κ2) is 21.4. The molecule has 2 aromatic carbocycles. The smallest absolute Gasteiger partial charge is 0.271 e. The first kappa shape index (κ1) is 42.3. The number of Topliss-reactive ketones (excluding diaryl/α,β-unsaturated/α-hetero) is 1. The molecule has 9 nitrogen and oxygen atoms in total. The molecule has 280 valence electrons. The topological polar surface area (TPSA) is 108 Å². The van der Waals surface area contributed by atoms with Crippen LogP contribution in [0, 0.1) is 0 Å². The van der Waals surface area contributed by atoms with E-state index in [1.54, 1.807) is 0 Å². The van der Waals surface area contributed by atoms with E-state index in [2.05, 4.69) is 56.5 Å². The van der Waals surface area contributed by atoms with Crippen LogP contribution in [0.25, 0.3) is 11.1 Å².